The molecular formula is C25H34FN3. The number of aromatic nitrogens is 1. The normalized spacial score (nSPS) is 20.7. The molecule has 0 spiro atoms. The molecule has 1 aliphatic carbocycles. The highest BCUT2D eigenvalue weighted by atomic mass is 19.1. The SMILES string of the molecule is C=c1c(F)cn(CCCN2CCN(C(C)C3C=CC=CC=C3)CC2)/c1=C/C=C\C. The van der Waals surface area contributed by atoms with E-state index < -0.39 is 0 Å². The van der Waals surface area contributed by atoms with Crippen molar-refractivity contribution in [1.82, 2.24) is 14.4 Å². The monoisotopic (exact) mass is 395 g/mol. The van der Waals surface area contributed by atoms with Crippen LogP contribution in [0.3, 0.4) is 0 Å². The van der Waals surface area contributed by atoms with Gasteiger partial charge in [-0.25, -0.2) is 4.39 Å². The summed E-state index contributed by atoms with van der Waals surface area (Å²) in [5.74, 6) is 0.254. The Labute approximate surface area is 174 Å². The summed E-state index contributed by atoms with van der Waals surface area (Å²) in [6.45, 7) is 14.4. The van der Waals surface area contributed by atoms with Gasteiger partial charge in [0.05, 0.1) is 5.35 Å². The molecule has 29 heavy (non-hydrogen) atoms. The van der Waals surface area contributed by atoms with E-state index in [9.17, 15) is 4.39 Å². The van der Waals surface area contributed by atoms with Crippen LogP contribution in [0.5, 0.6) is 0 Å². The van der Waals surface area contributed by atoms with Crippen LogP contribution < -0.4 is 10.6 Å². The molecule has 3 nitrogen and oxygen atoms in total. The fraction of sp³-hybridized carbons (Fsp3) is 0.440. The Hall–Kier alpha value is -2.17. The molecule has 2 heterocycles. The van der Waals surface area contributed by atoms with Crippen molar-refractivity contribution in [2.75, 3.05) is 32.7 Å². The van der Waals surface area contributed by atoms with E-state index in [2.05, 4.69) is 59.8 Å². The summed E-state index contributed by atoms with van der Waals surface area (Å²) in [5, 5.41) is 1.36. The van der Waals surface area contributed by atoms with Crippen LogP contribution in [-0.4, -0.2) is 53.1 Å². The molecule has 0 amide bonds. The lowest BCUT2D eigenvalue weighted by Gasteiger charge is -2.39. The number of piperazine rings is 1. The van der Waals surface area contributed by atoms with Crippen molar-refractivity contribution in [1.29, 1.82) is 0 Å². The molecule has 1 aromatic rings. The van der Waals surface area contributed by atoms with Crippen LogP contribution in [-0.2, 0) is 6.54 Å². The minimum atomic E-state index is -0.222. The first-order valence-corrected chi connectivity index (χ1v) is 10.7. The molecule has 0 saturated carbocycles. The van der Waals surface area contributed by atoms with Crippen molar-refractivity contribution in [2.24, 2.45) is 5.92 Å². The summed E-state index contributed by atoms with van der Waals surface area (Å²) in [4.78, 5) is 5.13. The molecule has 0 aromatic carbocycles. The van der Waals surface area contributed by atoms with Crippen molar-refractivity contribution in [2.45, 2.75) is 32.9 Å². The second kappa shape index (κ2) is 10.6. The summed E-state index contributed by atoms with van der Waals surface area (Å²) in [7, 11) is 0. The minimum absolute atomic E-state index is 0.222. The van der Waals surface area contributed by atoms with Crippen LogP contribution in [0.1, 0.15) is 20.3 Å². The second-order valence-corrected chi connectivity index (χ2v) is 7.93. The fourth-order valence-corrected chi connectivity index (χ4v) is 4.15. The van der Waals surface area contributed by atoms with Crippen LogP contribution in [0.15, 0.2) is 54.8 Å². The Bertz CT molecular complexity index is 866. The lowest BCUT2D eigenvalue weighted by molar-refractivity contribution is 0.0916. The molecule has 1 atom stereocenters. The smallest absolute Gasteiger partial charge is 0.148 e. The third-order valence-electron chi connectivity index (χ3n) is 6.04. The average molecular weight is 396 g/mol. The predicted molar refractivity (Wildman–Crippen MR) is 121 cm³/mol. The quantitative estimate of drug-likeness (QED) is 0.703. The summed E-state index contributed by atoms with van der Waals surface area (Å²) in [6, 6.07) is 0.521. The second-order valence-electron chi connectivity index (χ2n) is 7.93. The van der Waals surface area contributed by atoms with Crippen molar-refractivity contribution in [3.8, 4) is 0 Å². The van der Waals surface area contributed by atoms with E-state index in [0.29, 0.717) is 17.2 Å². The summed E-state index contributed by atoms with van der Waals surface area (Å²) in [6.07, 6.45) is 21.5. The molecule has 1 fully saturated rings. The van der Waals surface area contributed by atoms with Gasteiger partial charge >= 0.3 is 0 Å². The van der Waals surface area contributed by atoms with E-state index in [1.165, 1.54) is 0 Å². The zero-order valence-corrected chi connectivity index (χ0v) is 17.8. The molecule has 0 radical (unpaired) electrons. The van der Waals surface area contributed by atoms with E-state index >= 15 is 0 Å². The van der Waals surface area contributed by atoms with Gasteiger partial charge in [0.2, 0.25) is 0 Å². The summed E-state index contributed by atoms with van der Waals surface area (Å²) < 4.78 is 15.9. The third-order valence-corrected chi connectivity index (χ3v) is 6.04. The highest BCUT2D eigenvalue weighted by Gasteiger charge is 2.24. The largest absolute Gasteiger partial charge is 0.344 e. The van der Waals surface area contributed by atoms with Crippen LogP contribution in [0.4, 0.5) is 4.39 Å². The number of hydrogen-bond donors (Lipinski definition) is 0. The van der Waals surface area contributed by atoms with E-state index in [0.717, 1.165) is 51.0 Å². The number of halogens is 1. The molecule has 0 N–H and O–H groups in total. The number of allylic oxidation sites excluding steroid dienone is 6. The molecule has 0 bridgehead atoms. The fourth-order valence-electron chi connectivity index (χ4n) is 4.15. The van der Waals surface area contributed by atoms with Gasteiger partial charge in [-0.15, -0.1) is 0 Å². The topological polar surface area (TPSA) is 11.4 Å². The van der Waals surface area contributed by atoms with E-state index in [1.807, 2.05) is 29.7 Å². The van der Waals surface area contributed by atoms with Gasteiger partial charge in [-0.1, -0.05) is 55.2 Å². The first-order valence-electron chi connectivity index (χ1n) is 10.7. The maximum Gasteiger partial charge on any atom is 0.148 e. The van der Waals surface area contributed by atoms with Gasteiger partial charge in [0.1, 0.15) is 5.82 Å². The van der Waals surface area contributed by atoms with Gasteiger partial charge in [0, 0.05) is 56.1 Å². The first kappa shape index (κ1) is 21.5. The third kappa shape index (κ3) is 5.68. The standard InChI is InChI=1S/C25H34FN3/c1-4-5-13-25-21(2)24(26)20-29(25)15-10-14-27-16-18-28(19-17-27)22(3)23-11-8-6-7-9-12-23/h4-9,11-13,20,22-23H,2,10,14-19H2,1,3H3/b5-4-,25-13+. The van der Waals surface area contributed by atoms with Gasteiger partial charge in [-0.3, -0.25) is 4.90 Å². The Morgan fingerprint density at radius 2 is 1.79 bits per heavy atom. The molecule has 1 saturated heterocycles. The average Bonchev–Trinajstić information content (AvgIpc) is 2.92. The molecule has 1 aromatic heterocycles. The van der Waals surface area contributed by atoms with Crippen molar-refractivity contribution in [3.05, 3.63) is 71.2 Å². The van der Waals surface area contributed by atoms with Crippen LogP contribution in [0, 0.1) is 11.7 Å². The molecular weight excluding hydrogens is 361 g/mol. The molecule has 3 rings (SSSR count). The highest BCUT2D eigenvalue weighted by molar-refractivity contribution is 5.35. The lowest BCUT2D eigenvalue weighted by Crippen LogP contribution is -2.51. The number of nitrogens with zero attached hydrogens (tertiary/aromatic N) is 3. The van der Waals surface area contributed by atoms with Crippen LogP contribution in [0.25, 0.3) is 12.7 Å². The number of hydrogen-bond acceptors (Lipinski definition) is 2. The maximum absolute atomic E-state index is 13.9. The van der Waals surface area contributed by atoms with E-state index in [-0.39, 0.29) is 5.82 Å². The summed E-state index contributed by atoms with van der Waals surface area (Å²) in [5.41, 5.74) is 0. The molecule has 4 heteroatoms. The maximum atomic E-state index is 13.9. The van der Waals surface area contributed by atoms with E-state index in [4.69, 9.17) is 0 Å². The van der Waals surface area contributed by atoms with Crippen molar-refractivity contribution < 1.29 is 4.39 Å². The molecule has 2 aliphatic rings. The van der Waals surface area contributed by atoms with Crippen LogP contribution in [0.2, 0.25) is 0 Å². The summed E-state index contributed by atoms with van der Waals surface area (Å²) >= 11 is 0. The van der Waals surface area contributed by atoms with Crippen molar-refractivity contribution in [3.63, 3.8) is 0 Å². The number of aryl methyl sites for hydroxylation is 1. The number of rotatable bonds is 7. The predicted octanol–water partition coefficient (Wildman–Crippen LogP) is 3.09. The Morgan fingerprint density at radius 3 is 2.45 bits per heavy atom. The highest BCUT2D eigenvalue weighted by Crippen LogP contribution is 2.18. The van der Waals surface area contributed by atoms with Gasteiger partial charge in [-0.2, -0.15) is 0 Å². The van der Waals surface area contributed by atoms with Crippen molar-refractivity contribution >= 4 is 12.7 Å². The van der Waals surface area contributed by atoms with Gasteiger partial charge in [0.25, 0.3) is 0 Å². The Balaban J connectivity index is 1.47. The minimum Gasteiger partial charge on any atom is -0.344 e. The van der Waals surface area contributed by atoms with Gasteiger partial charge in [0.15, 0.2) is 0 Å². The Morgan fingerprint density at radius 1 is 1.10 bits per heavy atom. The molecule has 156 valence electrons. The van der Waals surface area contributed by atoms with Gasteiger partial charge < -0.3 is 9.47 Å². The Kier molecular flexibility index (Phi) is 7.84. The lowest BCUT2D eigenvalue weighted by atomic mass is 9.98. The molecule has 1 unspecified atom stereocenters. The zero-order chi connectivity index (χ0) is 20.6. The zero-order valence-electron chi connectivity index (χ0n) is 17.8. The van der Waals surface area contributed by atoms with Gasteiger partial charge in [-0.05, 0) is 32.9 Å². The van der Waals surface area contributed by atoms with Crippen LogP contribution >= 0.6 is 0 Å². The van der Waals surface area contributed by atoms with E-state index in [1.54, 1.807) is 6.20 Å². The molecule has 1 aliphatic heterocycles. The first-order chi connectivity index (χ1) is 14.1.